The van der Waals surface area contributed by atoms with Gasteiger partial charge < -0.3 is 20.3 Å². The van der Waals surface area contributed by atoms with Gasteiger partial charge in [-0.15, -0.1) is 6.42 Å². The first kappa shape index (κ1) is 31.4. The van der Waals surface area contributed by atoms with Crippen LogP contribution in [0.25, 0.3) is 0 Å². The van der Waals surface area contributed by atoms with Gasteiger partial charge >= 0.3 is 6.09 Å². The van der Waals surface area contributed by atoms with Crippen LogP contribution in [0, 0.1) is 12.3 Å². The molecule has 2 atom stereocenters. The number of benzene rings is 1. The number of carbonyl (C=O) groups excluding carboxylic acids is 3. The molecule has 200 valence electrons. The number of thioether (sulfide) groups is 1. The molecule has 0 aromatic heterocycles. The van der Waals surface area contributed by atoms with Crippen molar-refractivity contribution in [3.05, 3.63) is 35.4 Å². The quantitative estimate of drug-likeness (QED) is 0.408. The predicted molar refractivity (Wildman–Crippen MR) is 148 cm³/mol. The summed E-state index contributed by atoms with van der Waals surface area (Å²) in [6, 6.07) is 5.18. The van der Waals surface area contributed by atoms with Crippen molar-refractivity contribution < 1.29 is 19.1 Å². The van der Waals surface area contributed by atoms with Gasteiger partial charge in [0.2, 0.25) is 11.8 Å². The fourth-order valence-electron chi connectivity index (χ4n) is 3.60. The first-order valence-corrected chi connectivity index (χ1v) is 13.7. The molecule has 2 N–H and O–H groups in total. The maximum Gasteiger partial charge on any atom is 0.408 e. The molecule has 0 fully saturated rings. The fourth-order valence-corrected chi connectivity index (χ4v) is 4.07. The number of hydrogen-bond acceptors (Lipinski definition) is 5. The third-order valence-electron chi connectivity index (χ3n) is 5.69. The van der Waals surface area contributed by atoms with E-state index in [0.717, 1.165) is 0 Å². The standard InChI is InChI=1S/C28H43N3O4S/c1-11-20-13-15-21(16-14-20)23(24(32)29-19(3)4)31(28(8,9)12-2)25(33)22(17-18-36-10)30-26(34)35-27(5,6)7/h1,13-16,19,22-23H,12,17-18H2,2-10H3,(H,29,32)(H,30,34). The van der Waals surface area contributed by atoms with Gasteiger partial charge in [0.25, 0.3) is 0 Å². The molecule has 0 aliphatic rings. The van der Waals surface area contributed by atoms with Crippen LogP contribution in [0.15, 0.2) is 24.3 Å². The third kappa shape index (κ3) is 9.42. The van der Waals surface area contributed by atoms with E-state index in [-0.39, 0.29) is 17.9 Å². The van der Waals surface area contributed by atoms with Crippen molar-refractivity contribution in [2.45, 2.75) is 97.5 Å². The Balaban J connectivity index is 3.62. The largest absolute Gasteiger partial charge is 0.444 e. The van der Waals surface area contributed by atoms with Crippen molar-refractivity contribution in [3.63, 3.8) is 0 Å². The van der Waals surface area contributed by atoms with Crippen molar-refractivity contribution in [3.8, 4) is 12.3 Å². The monoisotopic (exact) mass is 517 g/mol. The summed E-state index contributed by atoms with van der Waals surface area (Å²) in [6.07, 6.45) is 7.78. The average molecular weight is 518 g/mol. The van der Waals surface area contributed by atoms with Gasteiger partial charge in [0.1, 0.15) is 17.7 Å². The zero-order valence-corrected chi connectivity index (χ0v) is 24.0. The van der Waals surface area contributed by atoms with Crippen molar-refractivity contribution in [2.24, 2.45) is 0 Å². The summed E-state index contributed by atoms with van der Waals surface area (Å²) in [6.45, 7) is 14.9. The van der Waals surface area contributed by atoms with E-state index < -0.39 is 29.3 Å². The van der Waals surface area contributed by atoms with E-state index in [1.54, 1.807) is 61.7 Å². The molecule has 0 saturated heterocycles. The number of amides is 3. The summed E-state index contributed by atoms with van der Waals surface area (Å²) in [5.41, 5.74) is -0.0896. The summed E-state index contributed by atoms with van der Waals surface area (Å²) in [7, 11) is 0. The number of carbonyl (C=O) groups is 3. The van der Waals surface area contributed by atoms with Crippen molar-refractivity contribution >= 4 is 29.7 Å². The van der Waals surface area contributed by atoms with E-state index in [4.69, 9.17) is 11.2 Å². The Hall–Kier alpha value is -2.66. The maximum atomic E-state index is 14.2. The van der Waals surface area contributed by atoms with E-state index in [2.05, 4.69) is 16.6 Å². The minimum absolute atomic E-state index is 0.126. The molecule has 0 radical (unpaired) electrons. The van der Waals surface area contributed by atoms with E-state index in [1.807, 2.05) is 40.9 Å². The summed E-state index contributed by atoms with van der Waals surface area (Å²) >= 11 is 1.58. The number of terminal acetylenes is 1. The molecule has 8 heteroatoms. The molecule has 36 heavy (non-hydrogen) atoms. The van der Waals surface area contributed by atoms with Gasteiger partial charge in [-0.05, 0) is 91.0 Å². The topological polar surface area (TPSA) is 87.7 Å². The highest BCUT2D eigenvalue weighted by Gasteiger charge is 2.43. The molecular weight excluding hydrogens is 474 g/mol. The molecule has 2 unspecified atom stereocenters. The molecule has 0 aliphatic heterocycles. The highest BCUT2D eigenvalue weighted by Crippen LogP contribution is 2.33. The lowest BCUT2D eigenvalue weighted by Crippen LogP contribution is -2.59. The van der Waals surface area contributed by atoms with Gasteiger partial charge in [0, 0.05) is 17.1 Å². The molecule has 0 saturated carbocycles. The van der Waals surface area contributed by atoms with Crippen LogP contribution >= 0.6 is 11.8 Å². The predicted octanol–water partition coefficient (Wildman–Crippen LogP) is 4.90. The lowest BCUT2D eigenvalue weighted by Gasteiger charge is -2.44. The van der Waals surface area contributed by atoms with E-state index in [9.17, 15) is 14.4 Å². The van der Waals surface area contributed by atoms with E-state index in [0.29, 0.717) is 29.7 Å². The normalized spacial score (nSPS) is 13.4. The molecule has 0 spiro atoms. The molecule has 0 heterocycles. The molecule has 1 aromatic carbocycles. The number of nitrogens with zero attached hydrogens (tertiary/aromatic N) is 1. The van der Waals surface area contributed by atoms with Gasteiger partial charge in [0.15, 0.2) is 0 Å². The second-order valence-electron chi connectivity index (χ2n) is 10.7. The molecule has 0 aliphatic carbocycles. The molecule has 7 nitrogen and oxygen atoms in total. The Morgan fingerprint density at radius 2 is 1.67 bits per heavy atom. The summed E-state index contributed by atoms with van der Waals surface area (Å²) in [4.78, 5) is 42.1. The third-order valence-corrected chi connectivity index (χ3v) is 6.33. The number of rotatable bonds is 11. The van der Waals surface area contributed by atoms with Crippen molar-refractivity contribution in [2.75, 3.05) is 12.0 Å². The van der Waals surface area contributed by atoms with Gasteiger partial charge in [-0.3, -0.25) is 9.59 Å². The maximum absolute atomic E-state index is 14.2. The Bertz CT molecular complexity index is 930. The highest BCUT2D eigenvalue weighted by atomic mass is 32.2. The Labute approximate surface area is 221 Å². The molecule has 1 aromatic rings. The van der Waals surface area contributed by atoms with Crippen LogP contribution in [0.2, 0.25) is 0 Å². The lowest BCUT2D eigenvalue weighted by molar-refractivity contribution is -0.149. The van der Waals surface area contributed by atoms with Gasteiger partial charge in [-0.2, -0.15) is 11.8 Å². The highest BCUT2D eigenvalue weighted by molar-refractivity contribution is 7.98. The smallest absolute Gasteiger partial charge is 0.408 e. The zero-order valence-electron chi connectivity index (χ0n) is 23.2. The summed E-state index contributed by atoms with van der Waals surface area (Å²) < 4.78 is 5.44. The number of hydrogen-bond donors (Lipinski definition) is 2. The first-order chi connectivity index (χ1) is 16.7. The van der Waals surface area contributed by atoms with E-state index >= 15 is 0 Å². The Kier molecular flexibility index (Phi) is 11.8. The van der Waals surface area contributed by atoms with Gasteiger partial charge in [0.05, 0.1) is 0 Å². The van der Waals surface area contributed by atoms with Crippen molar-refractivity contribution in [1.82, 2.24) is 15.5 Å². The van der Waals surface area contributed by atoms with Crippen LogP contribution in [-0.2, 0) is 14.3 Å². The van der Waals surface area contributed by atoms with Gasteiger partial charge in [-0.1, -0.05) is 25.0 Å². The average Bonchev–Trinajstić information content (AvgIpc) is 2.77. The minimum atomic E-state index is -0.918. The first-order valence-electron chi connectivity index (χ1n) is 12.3. The second kappa shape index (κ2) is 13.6. The Morgan fingerprint density at radius 3 is 2.11 bits per heavy atom. The number of ether oxygens (including phenoxy) is 1. The van der Waals surface area contributed by atoms with Crippen molar-refractivity contribution in [1.29, 1.82) is 0 Å². The van der Waals surface area contributed by atoms with Crippen LogP contribution in [0.1, 0.15) is 85.4 Å². The van der Waals surface area contributed by atoms with Crippen LogP contribution in [-0.4, -0.2) is 58.0 Å². The number of nitrogens with one attached hydrogen (secondary N) is 2. The summed E-state index contributed by atoms with van der Waals surface area (Å²) in [5.74, 6) is 2.59. The van der Waals surface area contributed by atoms with Crippen LogP contribution in [0.5, 0.6) is 0 Å². The second-order valence-corrected chi connectivity index (χ2v) is 11.7. The minimum Gasteiger partial charge on any atom is -0.444 e. The SMILES string of the molecule is C#Cc1ccc(C(C(=O)NC(C)C)N(C(=O)C(CCSC)NC(=O)OC(C)(C)C)C(C)(C)CC)cc1. The molecular formula is C28H43N3O4S. The Morgan fingerprint density at radius 1 is 1.08 bits per heavy atom. The summed E-state index contributed by atoms with van der Waals surface area (Å²) in [5, 5.41) is 5.73. The van der Waals surface area contributed by atoms with Crippen LogP contribution in [0.4, 0.5) is 4.79 Å². The fraction of sp³-hybridized carbons (Fsp3) is 0.607. The van der Waals surface area contributed by atoms with Crippen LogP contribution < -0.4 is 10.6 Å². The van der Waals surface area contributed by atoms with Gasteiger partial charge in [-0.25, -0.2) is 4.79 Å². The number of alkyl carbamates (subject to hydrolysis) is 1. The van der Waals surface area contributed by atoms with Crippen LogP contribution in [0.3, 0.4) is 0 Å². The lowest BCUT2D eigenvalue weighted by atomic mass is 9.91. The zero-order chi connectivity index (χ0) is 27.7. The molecule has 1 rings (SSSR count). The van der Waals surface area contributed by atoms with E-state index in [1.165, 1.54) is 0 Å². The molecule has 0 bridgehead atoms. The molecule has 3 amide bonds.